The van der Waals surface area contributed by atoms with E-state index in [-0.39, 0.29) is 6.61 Å². The molecule has 0 aliphatic carbocycles. The first-order valence-electron chi connectivity index (χ1n) is 3.40. The van der Waals surface area contributed by atoms with Gasteiger partial charge in [-0.1, -0.05) is 12.6 Å². The van der Waals surface area contributed by atoms with Gasteiger partial charge in [0.1, 0.15) is 6.54 Å². The lowest BCUT2D eigenvalue weighted by molar-refractivity contribution is -0.759. The summed E-state index contributed by atoms with van der Waals surface area (Å²) in [6.07, 6.45) is 0. The van der Waals surface area contributed by atoms with Gasteiger partial charge in [0.05, 0.1) is 13.7 Å². The van der Waals surface area contributed by atoms with Gasteiger partial charge in [0.25, 0.3) is 11.0 Å². The maximum Gasteiger partial charge on any atom is 0.291 e. The second-order valence-electron chi connectivity index (χ2n) is 2.35. The normalized spacial score (nSPS) is 10.5. The lowest BCUT2D eigenvalue weighted by atomic mass is 10.6. The molecule has 11 heavy (non-hydrogen) atoms. The number of nitrogens with zero attached hydrogens (tertiary/aromatic N) is 3. The molecule has 1 N–H and O–H groups in total. The molecule has 0 atom stereocenters. The van der Waals surface area contributed by atoms with Crippen LogP contribution in [-0.4, -0.2) is 21.4 Å². The molecular weight excluding hydrogens is 162 g/mol. The van der Waals surface area contributed by atoms with E-state index < -0.39 is 0 Å². The minimum atomic E-state index is 0.107. The number of thiol groups is 1. The molecule has 4 nitrogen and oxygen atoms in total. The standard InChI is InChI=1S/C6H11N3OS/c1-5-8(2)6(11)7-9(5)3-4-10/h10H,3-4H2,1-2H3/p+1. The molecule has 0 unspecified atom stereocenters. The van der Waals surface area contributed by atoms with Crippen molar-refractivity contribution in [2.24, 2.45) is 7.05 Å². The summed E-state index contributed by atoms with van der Waals surface area (Å²) in [5.74, 6) is 0.990. The first-order chi connectivity index (χ1) is 5.16. The highest BCUT2D eigenvalue weighted by atomic mass is 32.1. The minimum absolute atomic E-state index is 0.107. The highest BCUT2D eigenvalue weighted by Crippen LogP contribution is 1.99. The van der Waals surface area contributed by atoms with Gasteiger partial charge in [-0.25, -0.2) is 4.57 Å². The van der Waals surface area contributed by atoms with E-state index in [1.54, 1.807) is 4.68 Å². The van der Waals surface area contributed by atoms with Gasteiger partial charge in [0, 0.05) is 6.92 Å². The predicted octanol–water partition coefficient (Wildman–Crippen LogP) is -0.703. The summed E-state index contributed by atoms with van der Waals surface area (Å²) in [6, 6.07) is 0. The molecule has 0 aliphatic rings. The second-order valence-corrected chi connectivity index (χ2v) is 2.75. The average Bonchev–Trinajstić information content (AvgIpc) is 2.19. The molecule has 62 valence electrons. The summed E-state index contributed by atoms with van der Waals surface area (Å²) >= 11 is 4.13. The van der Waals surface area contributed by atoms with Gasteiger partial charge in [-0.15, -0.1) is 4.68 Å². The average molecular weight is 174 g/mol. The van der Waals surface area contributed by atoms with Crippen LogP contribution in [0.25, 0.3) is 0 Å². The summed E-state index contributed by atoms with van der Waals surface area (Å²) in [5.41, 5.74) is 0. The van der Waals surface area contributed by atoms with Gasteiger partial charge < -0.3 is 5.11 Å². The summed E-state index contributed by atoms with van der Waals surface area (Å²) in [4.78, 5) is 0. The van der Waals surface area contributed by atoms with Crippen molar-refractivity contribution in [2.45, 2.75) is 18.6 Å². The van der Waals surface area contributed by atoms with Crippen LogP contribution in [0.4, 0.5) is 0 Å². The van der Waals surface area contributed by atoms with Crippen LogP contribution < -0.4 is 4.68 Å². The van der Waals surface area contributed by atoms with Crippen LogP contribution in [0, 0.1) is 6.92 Å². The highest BCUT2D eigenvalue weighted by molar-refractivity contribution is 7.80. The largest absolute Gasteiger partial charge is 0.392 e. The third-order valence-electron chi connectivity index (χ3n) is 1.68. The fraction of sp³-hybridized carbons (Fsp3) is 0.667. The Bertz CT molecular complexity index is 259. The molecule has 0 saturated heterocycles. The van der Waals surface area contributed by atoms with Gasteiger partial charge in [-0.05, 0) is 5.10 Å². The molecule has 0 bridgehead atoms. The third-order valence-corrected chi connectivity index (χ3v) is 2.07. The van der Waals surface area contributed by atoms with Crippen molar-refractivity contribution in [3.63, 3.8) is 0 Å². The van der Waals surface area contributed by atoms with E-state index in [2.05, 4.69) is 17.7 Å². The van der Waals surface area contributed by atoms with Crippen LogP contribution in [0.3, 0.4) is 0 Å². The molecule has 0 amide bonds. The Morgan fingerprint density at radius 3 is 2.73 bits per heavy atom. The summed E-state index contributed by atoms with van der Waals surface area (Å²) in [6.45, 7) is 2.57. The monoisotopic (exact) mass is 174 g/mol. The van der Waals surface area contributed by atoms with E-state index in [0.717, 1.165) is 5.82 Å². The number of hydrogen-bond donors (Lipinski definition) is 2. The Morgan fingerprint density at radius 1 is 1.73 bits per heavy atom. The summed E-state index contributed by atoms with van der Waals surface area (Å²) < 4.78 is 3.58. The summed E-state index contributed by atoms with van der Waals surface area (Å²) in [7, 11) is 1.89. The Kier molecular flexibility index (Phi) is 2.51. The van der Waals surface area contributed by atoms with Crippen LogP contribution in [-0.2, 0) is 13.6 Å². The minimum Gasteiger partial charge on any atom is -0.392 e. The summed E-state index contributed by atoms with van der Waals surface area (Å²) in [5, 5.41) is 13.4. The lowest BCUT2D eigenvalue weighted by Crippen LogP contribution is -2.40. The third kappa shape index (κ3) is 1.54. The number of rotatable bonds is 2. The van der Waals surface area contributed by atoms with E-state index in [0.29, 0.717) is 11.7 Å². The van der Waals surface area contributed by atoms with Gasteiger partial charge in [0.15, 0.2) is 0 Å². The zero-order valence-electron chi connectivity index (χ0n) is 6.65. The molecule has 1 rings (SSSR count). The Balaban J connectivity index is 2.98. The van der Waals surface area contributed by atoms with Gasteiger partial charge >= 0.3 is 0 Å². The Hall–Kier alpha value is -0.550. The van der Waals surface area contributed by atoms with Crippen molar-refractivity contribution in [3.8, 4) is 0 Å². The number of aliphatic hydroxyl groups is 1. The molecular formula is C6H12N3OS+. The van der Waals surface area contributed by atoms with Crippen LogP contribution >= 0.6 is 12.6 Å². The Morgan fingerprint density at radius 2 is 2.36 bits per heavy atom. The zero-order valence-corrected chi connectivity index (χ0v) is 7.54. The first kappa shape index (κ1) is 8.55. The van der Waals surface area contributed by atoms with Crippen LogP contribution in [0.5, 0.6) is 0 Å². The quantitative estimate of drug-likeness (QED) is 0.460. The van der Waals surface area contributed by atoms with Crippen molar-refractivity contribution in [3.05, 3.63) is 5.82 Å². The van der Waals surface area contributed by atoms with Gasteiger partial charge in [-0.3, -0.25) is 0 Å². The van der Waals surface area contributed by atoms with E-state index >= 15 is 0 Å². The number of hydrogen-bond acceptors (Lipinski definition) is 3. The lowest BCUT2D eigenvalue weighted by Gasteiger charge is -1.89. The molecule has 5 heteroatoms. The van der Waals surface area contributed by atoms with E-state index in [9.17, 15) is 0 Å². The maximum absolute atomic E-state index is 8.65. The van der Waals surface area contributed by atoms with Crippen molar-refractivity contribution < 1.29 is 9.79 Å². The van der Waals surface area contributed by atoms with E-state index in [4.69, 9.17) is 5.11 Å². The molecule has 0 aliphatic heterocycles. The topological polar surface area (TPSA) is 41.9 Å². The predicted molar refractivity (Wildman–Crippen MR) is 42.5 cm³/mol. The fourth-order valence-electron chi connectivity index (χ4n) is 0.872. The molecule has 0 spiro atoms. The van der Waals surface area contributed by atoms with Crippen molar-refractivity contribution in [1.29, 1.82) is 0 Å². The van der Waals surface area contributed by atoms with E-state index in [1.165, 1.54) is 0 Å². The molecule has 0 saturated carbocycles. The highest BCUT2D eigenvalue weighted by Gasteiger charge is 2.14. The van der Waals surface area contributed by atoms with Gasteiger partial charge in [-0.2, -0.15) is 0 Å². The van der Waals surface area contributed by atoms with Crippen LogP contribution in [0.1, 0.15) is 5.82 Å². The Labute approximate surface area is 70.9 Å². The molecule has 0 aromatic carbocycles. The molecule has 1 aromatic heterocycles. The smallest absolute Gasteiger partial charge is 0.291 e. The molecule has 1 heterocycles. The molecule has 0 radical (unpaired) electrons. The van der Waals surface area contributed by atoms with Gasteiger partial charge in [0.2, 0.25) is 0 Å². The van der Waals surface area contributed by atoms with Crippen molar-refractivity contribution >= 4 is 12.6 Å². The fourth-order valence-corrected chi connectivity index (χ4v) is 1.12. The first-order valence-corrected chi connectivity index (χ1v) is 3.84. The van der Waals surface area contributed by atoms with Crippen LogP contribution in [0.2, 0.25) is 0 Å². The van der Waals surface area contributed by atoms with Crippen LogP contribution in [0.15, 0.2) is 5.16 Å². The number of aromatic nitrogens is 3. The zero-order chi connectivity index (χ0) is 8.43. The van der Waals surface area contributed by atoms with E-state index in [1.807, 2.05) is 18.5 Å². The van der Waals surface area contributed by atoms with Crippen molar-refractivity contribution in [1.82, 2.24) is 9.67 Å². The number of aliphatic hydroxyl groups excluding tert-OH is 1. The SMILES string of the molecule is Cc1n(C)c(S)n[n+]1CCO. The maximum atomic E-state index is 8.65. The molecule has 1 aromatic rings. The second kappa shape index (κ2) is 3.23. The van der Waals surface area contributed by atoms with Crippen molar-refractivity contribution in [2.75, 3.05) is 6.61 Å². The molecule has 0 fully saturated rings.